The molecule has 2 amide bonds. The van der Waals surface area contributed by atoms with E-state index in [-0.39, 0.29) is 18.4 Å². The van der Waals surface area contributed by atoms with E-state index in [4.69, 9.17) is 0 Å². The molecule has 25 heavy (non-hydrogen) atoms. The number of carbonyl (C=O) groups excluding carboxylic acids is 2. The van der Waals surface area contributed by atoms with Crippen molar-refractivity contribution in [2.75, 3.05) is 29.9 Å². The first-order valence-corrected chi connectivity index (χ1v) is 8.63. The molecule has 0 atom stereocenters. The maximum absolute atomic E-state index is 12.4. The largest absolute Gasteiger partial charge is 0.376 e. The maximum atomic E-state index is 12.4. The first-order chi connectivity index (χ1) is 12.2. The Morgan fingerprint density at radius 3 is 2.24 bits per heavy atom. The average molecular weight is 339 g/mol. The second-order valence-electron chi connectivity index (χ2n) is 5.66. The molecule has 0 bridgehead atoms. The van der Waals surface area contributed by atoms with Crippen molar-refractivity contribution in [1.82, 2.24) is 5.32 Å². The Bertz CT molecular complexity index is 684. The lowest BCUT2D eigenvalue weighted by Gasteiger charge is -2.21. The van der Waals surface area contributed by atoms with Crippen LogP contribution in [-0.4, -0.2) is 31.4 Å². The lowest BCUT2D eigenvalue weighted by atomic mass is 10.2. The lowest BCUT2D eigenvalue weighted by molar-refractivity contribution is -0.116. The molecule has 2 N–H and O–H groups in total. The van der Waals surface area contributed by atoms with Gasteiger partial charge >= 0.3 is 0 Å². The fourth-order valence-electron chi connectivity index (χ4n) is 2.46. The molecule has 132 valence electrons. The predicted octanol–water partition coefficient (Wildman–Crippen LogP) is 3.29. The van der Waals surface area contributed by atoms with E-state index in [9.17, 15) is 9.59 Å². The number of nitrogens with zero attached hydrogens (tertiary/aromatic N) is 1. The minimum atomic E-state index is -0.0780. The molecule has 2 rings (SSSR count). The summed E-state index contributed by atoms with van der Waals surface area (Å²) in [6.45, 7) is 5.44. The maximum Gasteiger partial charge on any atom is 0.251 e. The first-order valence-electron chi connectivity index (χ1n) is 8.63. The van der Waals surface area contributed by atoms with Gasteiger partial charge in [0.05, 0.1) is 6.54 Å². The number of rotatable bonds is 8. The number of anilines is 2. The van der Waals surface area contributed by atoms with Crippen molar-refractivity contribution in [3.05, 3.63) is 60.2 Å². The van der Waals surface area contributed by atoms with Gasteiger partial charge in [0.2, 0.25) is 5.91 Å². The number of likely N-dealkylation sites (N-methyl/N-ethyl adjacent to an activating group) is 1. The van der Waals surface area contributed by atoms with Crippen molar-refractivity contribution in [3.8, 4) is 0 Å². The molecule has 0 radical (unpaired) electrons. The zero-order valence-electron chi connectivity index (χ0n) is 14.8. The summed E-state index contributed by atoms with van der Waals surface area (Å²) in [7, 11) is 0. The summed E-state index contributed by atoms with van der Waals surface area (Å²) in [6, 6.07) is 16.7. The van der Waals surface area contributed by atoms with Crippen molar-refractivity contribution in [2.45, 2.75) is 20.3 Å². The van der Waals surface area contributed by atoms with Gasteiger partial charge in [-0.2, -0.15) is 0 Å². The molecule has 0 aliphatic carbocycles. The highest BCUT2D eigenvalue weighted by atomic mass is 16.2. The lowest BCUT2D eigenvalue weighted by Crippen LogP contribution is -2.35. The van der Waals surface area contributed by atoms with E-state index >= 15 is 0 Å². The van der Waals surface area contributed by atoms with E-state index in [2.05, 4.69) is 10.6 Å². The number of para-hydroxylation sites is 1. The van der Waals surface area contributed by atoms with Gasteiger partial charge in [0, 0.05) is 30.0 Å². The van der Waals surface area contributed by atoms with Crippen molar-refractivity contribution in [1.29, 1.82) is 0 Å². The number of hydrogen-bond donors (Lipinski definition) is 2. The van der Waals surface area contributed by atoms with Gasteiger partial charge in [-0.25, -0.2) is 0 Å². The molecule has 5 nitrogen and oxygen atoms in total. The summed E-state index contributed by atoms with van der Waals surface area (Å²) in [5.74, 6) is -0.0795. The number of amides is 2. The third-order valence-corrected chi connectivity index (χ3v) is 3.81. The molecule has 5 heteroatoms. The Labute approximate surface area is 149 Å². The summed E-state index contributed by atoms with van der Waals surface area (Å²) in [5.41, 5.74) is 2.31. The molecular weight excluding hydrogens is 314 g/mol. The quantitative estimate of drug-likeness (QED) is 0.776. The smallest absolute Gasteiger partial charge is 0.251 e. The van der Waals surface area contributed by atoms with Gasteiger partial charge in [-0.15, -0.1) is 0 Å². The fourth-order valence-corrected chi connectivity index (χ4v) is 2.46. The summed E-state index contributed by atoms with van der Waals surface area (Å²) in [6.07, 6.45) is 0.906. The second-order valence-corrected chi connectivity index (χ2v) is 5.66. The molecular formula is C20H25N3O2. The van der Waals surface area contributed by atoms with Crippen molar-refractivity contribution >= 4 is 23.2 Å². The molecule has 0 saturated carbocycles. The van der Waals surface area contributed by atoms with Crippen LogP contribution >= 0.6 is 0 Å². The van der Waals surface area contributed by atoms with E-state index in [1.54, 1.807) is 17.0 Å². The Balaban J connectivity index is 1.92. The zero-order valence-corrected chi connectivity index (χ0v) is 14.8. The minimum absolute atomic E-state index is 0.00142. The molecule has 0 aliphatic heterocycles. The van der Waals surface area contributed by atoms with E-state index in [1.165, 1.54) is 0 Å². The highest BCUT2D eigenvalue weighted by Gasteiger charge is 2.13. The van der Waals surface area contributed by atoms with E-state index in [0.29, 0.717) is 18.7 Å². The van der Waals surface area contributed by atoms with Gasteiger partial charge in [-0.1, -0.05) is 25.1 Å². The van der Waals surface area contributed by atoms with Crippen LogP contribution in [0, 0.1) is 0 Å². The molecule has 0 aromatic heterocycles. The van der Waals surface area contributed by atoms with E-state index in [1.807, 2.05) is 56.3 Å². The summed E-state index contributed by atoms with van der Waals surface area (Å²) < 4.78 is 0. The third-order valence-electron chi connectivity index (χ3n) is 3.81. The molecule has 2 aromatic rings. The van der Waals surface area contributed by atoms with Crippen LogP contribution in [0.25, 0.3) is 0 Å². The van der Waals surface area contributed by atoms with Crippen molar-refractivity contribution in [3.63, 3.8) is 0 Å². The minimum Gasteiger partial charge on any atom is -0.376 e. The fraction of sp³-hybridized carbons (Fsp3) is 0.300. The van der Waals surface area contributed by atoms with Gasteiger partial charge in [0.15, 0.2) is 0 Å². The van der Waals surface area contributed by atoms with Crippen LogP contribution in [-0.2, 0) is 4.79 Å². The van der Waals surface area contributed by atoms with Crippen LogP contribution in [0.3, 0.4) is 0 Å². The van der Waals surface area contributed by atoms with Crippen LogP contribution < -0.4 is 15.5 Å². The standard InChI is InChI=1S/C20H25N3O2/c1-3-14-21-20(25)16-10-12-17(13-11-16)22-15-19(24)23(4-2)18-8-6-5-7-9-18/h5-13,22H,3-4,14-15H2,1-2H3,(H,21,25). The number of carbonyl (C=O) groups is 2. The van der Waals surface area contributed by atoms with Crippen LogP contribution in [0.1, 0.15) is 30.6 Å². The Morgan fingerprint density at radius 2 is 1.64 bits per heavy atom. The SMILES string of the molecule is CCCNC(=O)c1ccc(NCC(=O)N(CC)c2ccccc2)cc1. The van der Waals surface area contributed by atoms with Gasteiger partial charge in [-0.05, 0) is 49.7 Å². The summed E-state index contributed by atoms with van der Waals surface area (Å²) in [5, 5.41) is 5.95. The monoisotopic (exact) mass is 339 g/mol. The number of hydrogen-bond acceptors (Lipinski definition) is 3. The van der Waals surface area contributed by atoms with Gasteiger partial charge < -0.3 is 15.5 Å². The average Bonchev–Trinajstić information content (AvgIpc) is 2.66. The van der Waals surface area contributed by atoms with Crippen LogP contribution in [0.5, 0.6) is 0 Å². The molecule has 0 spiro atoms. The highest BCUT2D eigenvalue weighted by Crippen LogP contribution is 2.14. The normalized spacial score (nSPS) is 10.2. The first kappa shape index (κ1) is 18.5. The van der Waals surface area contributed by atoms with Crippen LogP contribution in [0.15, 0.2) is 54.6 Å². The Morgan fingerprint density at radius 1 is 0.960 bits per heavy atom. The molecule has 0 fully saturated rings. The summed E-state index contributed by atoms with van der Waals surface area (Å²) in [4.78, 5) is 26.1. The van der Waals surface area contributed by atoms with Crippen molar-refractivity contribution < 1.29 is 9.59 Å². The predicted molar refractivity (Wildman–Crippen MR) is 102 cm³/mol. The molecule has 0 aliphatic rings. The second kappa shape index (κ2) is 9.47. The van der Waals surface area contributed by atoms with Crippen LogP contribution in [0.4, 0.5) is 11.4 Å². The van der Waals surface area contributed by atoms with Crippen molar-refractivity contribution in [2.24, 2.45) is 0 Å². The summed E-state index contributed by atoms with van der Waals surface area (Å²) >= 11 is 0. The Kier molecular flexibility index (Phi) is 7.01. The van der Waals surface area contributed by atoms with Gasteiger partial charge in [0.25, 0.3) is 5.91 Å². The zero-order chi connectivity index (χ0) is 18.1. The molecule has 0 saturated heterocycles. The van der Waals surface area contributed by atoms with Gasteiger partial charge in [0.1, 0.15) is 0 Å². The van der Waals surface area contributed by atoms with E-state index < -0.39 is 0 Å². The van der Waals surface area contributed by atoms with E-state index in [0.717, 1.165) is 17.8 Å². The topological polar surface area (TPSA) is 61.4 Å². The van der Waals surface area contributed by atoms with Gasteiger partial charge in [-0.3, -0.25) is 9.59 Å². The molecule has 0 unspecified atom stereocenters. The number of nitrogens with one attached hydrogen (secondary N) is 2. The molecule has 2 aromatic carbocycles. The third kappa shape index (κ3) is 5.35. The highest BCUT2D eigenvalue weighted by molar-refractivity contribution is 5.96. The van der Waals surface area contributed by atoms with Crippen LogP contribution in [0.2, 0.25) is 0 Å². The number of benzene rings is 2. The Hall–Kier alpha value is -2.82. The molecule has 0 heterocycles.